The highest BCUT2D eigenvalue weighted by molar-refractivity contribution is 6.30. The molecule has 2 aliphatic rings. The highest BCUT2D eigenvalue weighted by Gasteiger charge is 2.43. The number of hydrogen-bond acceptors (Lipinski definition) is 4. The van der Waals surface area contributed by atoms with Crippen molar-refractivity contribution in [3.8, 4) is 0 Å². The fourth-order valence-corrected chi connectivity index (χ4v) is 4.02. The number of carbonyl (C=O) groups is 3. The van der Waals surface area contributed by atoms with Crippen molar-refractivity contribution in [2.45, 2.75) is 31.8 Å². The Labute approximate surface area is 163 Å². The summed E-state index contributed by atoms with van der Waals surface area (Å²) in [5.74, 6) is -0.731. The van der Waals surface area contributed by atoms with E-state index in [9.17, 15) is 14.4 Å². The van der Waals surface area contributed by atoms with Gasteiger partial charge in [-0.05, 0) is 31.0 Å². The molecule has 2 fully saturated rings. The van der Waals surface area contributed by atoms with E-state index in [1.165, 1.54) is 0 Å². The molecule has 1 aromatic rings. The van der Waals surface area contributed by atoms with Gasteiger partial charge in [-0.15, -0.1) is 0 Å². The lowest BCUT2D eigenvalue weighted by Gasteiger charge is -2.26. The highest BCUT2D eigenvalue weighted by Crippen LogP contribution is 2.38. The van der Waals surface area contributed by atoms with E-state index in [0.29, 0.717) is 31.1 Å². The number of hydrogen-bond donors (Lipinski definition) is 1. The number of amides is 3. The maximum Gasteiger partial charge on any atom is 0.409 e. The van der Waals surface area contributed by atoms with Gasteiger partial charge in [0.2, 0.25) is 11.8 Å². The number of likely N-dealkylation sites (tertiary alicyclic amines) is 2. The molecule has 0 bridgehead atoms. The summed E-state index contributed by atoms with van der Waals surface area (Å²) in [6.07, 6.45) is 0.471. The molecule has 2 saturated heterocycles. The molecule has 8 heteroatoms. The Morgan fingerprint density at radius 3 is 2.85 bits per heavy atom. The second kappa shape index (κ2) is 8.17. The average Bonchev–Trinajstić information content (AvgIpc) is 3.20. The molecule has 0 radical (unpaired) electrons. The van der Waals surface area contributed by atoms with Gasteiger partial charge < -0.3 is 19.9 Å². The van der Waals surface area contributed by atoms with Crippen molar-refractivity contribution in [2.24, 2.45) is 5.92 Å². The lowest BCUT2D eigenvalue weighted by molar-refractivity contribution is -0.128. The number of nitrogens with one attached hydrogen (secondary N) is 1. The molecule has 0 unspecified atom stereocenters. The Morgan fingerprint density at radius 2 is 2.15 bits per heavy atom. The van der Waals surface area contributed by atoms with E-state index < -0.39 is 5.92 Å². The van der Waals surface area contributed by atoms with Crippen LogP contribution >= 0.6 is 11.6 Å². The van der Waals surface area contributed by atoms with Crippen LogP contribution in [0.2, 0.25) is 5.02 Å². The van der Waals surface area contributed by atoms with Gasteiger partial charge in [-0.1, -0.05) is 23.7 Å². The van der Waals surface area contributed by atoms with E-state index >= 15 is 0 Å². The number of carbonyl (C=O) groups excluding carboxylic acids is 3. The number of rotatable bonds is 4. The van der Waals surface area contributed by atoms with Crippen LogP contribution in [0.1, 0.15) is 31.4 Å². The highest BCUT2D eigenvalue weighted by atomic mass is 35.5. The Kier molecular flexibility index (Phi) is 5.89. The molecule has 0 aliphatic carbocycles. The van der Waals surface area contributed by atoms with Crippen LogP contribution in [0.15, 0.2) is 24.3 Å². The first-order chi connectivity index (χ1) is 12.9. The van der Waals surface area contributed by atoms with E-state index in [-0.39, 0.29) is 36.4 Å². The predicted molar refractivity (Wildman–Crippen MR) is 100 cm³/mol. The summed E-state index contributed by atoms with van der Waals surface area (Å²) in [5.41, 5.74) is 0.843. The minimum atomic E-state index is -0.488. The molecule has 0 aromatic heterocycles. The number of nitrogens with zero attached hydrogens (tertiary/aromatic N) is 2. The summed E-state index contributed by atoms with van der Waals surface area (Å²) in [7, 11) is 1.71. The Morgan fingerprint density at radius 1 is 1.37 bits per heavy atom. The smallest absolute Gasteiger partial charge is 0.409 e. The van der Waals surface area contributed by atoms with Crippen molar-refractivity contribution >= 4 is 29.5 Å². The number of halogens is 1. The maximum atomic E-state index is 12.9. The zero-order chi connectivity index (χ0) is 19.6. The molecule has 3 amide bonds. The molecular weight excluding hydrogens is 370 g/mol. The van der Waals surface area contributed by atoms with E-state index in [1.807, 2.05) is 12.1 Å². The predicted octanol–water partition coefficient (Wildman–Crippen LogP) is 2.21. The largest absolute Gasteiger partial charge is 0.450 e. The van der Waals surface area contributed by atoms with Gasteiger partial charge in [0.05, 0.1) is 18.6 Å². The molecule has 2 heterocycles. The van der Waals surface area contributed by atoms with E-state index in [1.54, 1.807) is 35.9 Å². The lowest BCUT2D eigenvalue weighted by Crippen LogP contribution is -2.42. The van der Waals surface area contributed by atoms with E-state index in [0.717, 1.165) is 5.56 Å². The van der Waals surface area contributed by atoms with Crippen LogP contribution in [0.5, 0.6) is 0 Å². The van der Waals surface area contributed by atoms with Crippen LogP contribution < -0.4 is 5.32 Å². The average molecular weight is 394 g/mol. The van der Waals surface area contributed by atoms with Crippen LogP contribution in [0.4, 0.5) is 4.79 Å². The third-order valence-electron chi connectivity index (χ3n) is 5.17. The van der Waals surface area contributed by atoms with Crippen LogP contribution in [-0.2, 0) is 14.3 Å². The monoisotopic (exact) mass is 393 g/mol. The first kappa shape index (κ1) is 19.5. The second-order valence-electron chi connectivity index (χ2n) is 6.95. The van der Waals surface area contributed by atoms with Gasteiger partial charge in [0.1, 0.15) is 0 Å². The van der Waals surface area contributed by atoms with Gasteiger partial charge in [-0.25, -0.2) is 4.79 Å². The summed E-state index contributed by atoms with van der Waals surface area (Å²) < 4.78 is 5.00. The maximum absolute atomic E-state index is 12.9. The Hall–Kier alpha value is -2.28. The number of ether oxygens (including phenoxy) is 1. The van der Waals surface area contributed by atoms with Crippen molar-refractivity contribution in [1.29, 1.82) is 0 Å². The van der Waals surface area contributed by atoms with Gasteiger partial charge >= 0.3 is 6.09 Å². The summed E-state index contributed by atoms with van der Waals surface area (Å²) in [4.78, 5) is 40.2. The SMILES string of the molecule is CCOC(=O)N1CC[C@H](NC(=O)[C@H]2CC(=O)N(C)[C@@H]2c2cccc(Cl)c2)C1. The summed E-state index contributed by atoms with van der Waals surface area (Å²) in [6.45, 7) is 3.05. The Balaban J connectivity index is 1.68. The standard InChI is InChI=1S/C19H24ClN3O4/c1-3-27-19(26)23-8-7-14(11-23)21-18(25)15-10-16(24)22(2)17(15)12-5-4-6-13(20)9-12/h4-6,9,14-15,17H,3,7-8,10-11H2,1-2H3,(H,21,25)/t14-,15-,17+/m0/s1. The molecule has 1 aromatic carbocycles. The summed E-state index contributed by atoms with van der Waals surface area (Å²) >= 11 is 6.09. The van der Waals surface area contributed by atoms with Gasteiger partial charge in [0.15, 0.2) is 0 Å². The fraction of sp³-hybridized carbons (Fsp3) is 0.526. The second-order valence-corrected chi connectivity index (χ2v) is 7.39. The molecule has 1 N–H and O–H groups in total. The topological polar surface area (TPSA) is 79.0 Å². The minimum Gasteiger partial charge on any atom is -0.450 e. The van der Waals surface area contributed by atoms with Crippen LogP contribution in [-0.4, -0.2) is 60.5 Å². The lowest BCUT2D eigenvalue weighted by atomic mass is 9.92. The zero-order valence-electron chi connectivity index (χ0n) is 15.5. The molecule has 3 rings (SSSR count). The third kappa shape index (κ3) is 4.18. The van der Waals surface area contributed by atoms with Gasteiger partial charge in [0, 0.05) is 37.6 Å². The molecule has 3 atom stereocenters. The zero-order valence-corrected chi connectivity index (χ0v) is 16.2. The minimum absolute atomic E-state index is 0.0697. The van der Waals surface area contributed by atoms with E-state index in [4.69, 9.17) is 16.3 Å². The van der Waals surface area contributed by atoms with Crippen LogP contribution in [0.25, 0.3) is 0 Å². The van der Waals surface area contributed by atoms with Crippen molar-refractivity contribution in [1.82, 2.24) is 15.1 Å². The summed E-state index contributed by atoms with van der Waals surface area (Å²) in [5, 5.41) is 3.57. The normalized spacial score (nSPS) is 25.0. The molecule has 0 saturated carbocycles. The third-order valence-corrected chi connectivity index (χ3v) is 5.41. The van der Waals surface area contributed by atoms with Crippen molar-refractivity contribution in [2.75, 3.05) is 26.7 Å². The van der Waals surface area contributed by atoms with E-state index in [2.05, 4.69) is 5.32 Å². The van der Waals surface area contributed by atoms with Gasteiger partial charge in [-0.2, -0.15) is 0 Å². The van der Waals surface area contributed by atoms with Crippen molar-refractivity contribution < 1.29 is 19.1 Å². The molecule has 0 spiro atoms. The molecule has 27 heavy (non-hydrogen) atoms. The van der Waals surface area contributed by atoms with Crippen LogP contribution in [0, 0.1) is 5.92 Å². The van der Waals surface area contributed by atoms with Crippen molar-refractivity contribution in [3.05, 3.63) is 34.9 Å². The Bertz CT molecular complexity index is 741. The molecule has 146 valence electrons. The first-order valence-corrected chi connectivity index (χ1v) is 9.51. The summed E-state index contributed by atoms with van der Waals surface area (Å²) in [6, 6.07) is 6.77. The number of benzene rings is 1. The van der Waals surface area contributed by atoms with Gasteiger partial charge in [-0.3, -0.25) is 9.59 Å². The molecular formula is C19H24ClN3O4. The van der Waals surface area contributed by atoms with Crippen LogP contribution in [0.3, 0.4) is 0 Å². The quantitative estimate of drug-likeness (QED) is 0.850. The van der Waals surface area contributed by atoms with Crippen molar-refractivity contribution in [3.63, 3.8) is 0 Å². The van der Waals surface area contributed by atoms with Gasteiger partial charge in [0.25, 0.3) is 0 Å². The fourth-order valence-electron chi connectivity index (χ4n) is 3.82. The molecule has 7 nitrogen and oxygen atoms in total. The first-order valence-electron chi connectivity index (χ1n) is 9.14. The molecule has 2 aliphatic heterocycles.